The van der Waals surface area contributed by atoms with Crippen LogP contribution in [0.3, 0.4) is 0 Å². The smallest absolute Gasteiger partial charge is 0.423 e. The number of nitrogens with one attached hydrogen (secondary N) is 1. The van der Waals surface area contributed by atoms with Crippen LogP contribution in [-0.4, -0.2) is 33.8 Å². The highest BCUT2D eigenvalue weighted by molar-refractivity contribution is 6.58. The van der Waals surface area contributed by atoms with Gasteiger partial charge in [0.1, 0.15) is 0 Å². The van der Waals surface area contributed by atoms with Crippen LogP contribution in [0, 0.1) is 10.1 Å². The molecule has 0 bridgehead atoms. The van der Waals surface area contributed by atoms with Crippen molar-refractivity contribution in [2.45, 2.75) is 12.3 Å². The Morgan fingerprint density at radius 2 is 1.65 bits per heavy atom. The van der Waals surface area contributed by atoms with Gasteiger partial charge in [-0.1, -0.05) is 72.8 Å². The lowest BCUT2D eigenvalue weighted by Gasteiger charge is -2.20. The molecule has 0 aliphatic heterocycles. The standard InChI is InChI=1S/C23H21BN2O5/c27-24(28)18-12-10-16(11-13-18)19(14-15-31-26(29)30)22-20-8-4-5-9-21(20)25-23(22)17-6-2-1-3-7-17/h1-13,19,25,27-28H,14-15H2. The third-order valence-corrected chi connectivity index (χ3v) is 5.40. The molecule has 1 unspecified atom stereocenters. The molecule has 0 radical (unpaired) electrons. The second-order valence-electron chi connectivity index (χ2n) is 7.26. The Labute approximate surface area is 179 Å². The van der Waals surface area contributed by atoms with Crippen molar-refractivity contribution in [1.82, 2.24) is 4.98 Å². The lowest BCUT2D eigenvalue weighted by atomic mass is 9.78. The predicted octanol–water partition coefficient (Wildman–Crippen LogP) is 3.25. The monoisotopic (exact) mass is 416 g/mol. The van der Waals surface area contributed by atoms with Crippen molar-refractivity contribution in [3.05, 3.63) is 100 Å². The topological polar surface area (TPSA) is 109 Å². The number of hydrogen-bond acceptors (Lipinski definition) is 5. The molecule has 3 N–H and O–H groups in total. The van der Waals surface area contributed by atoms with Crippen LogP contribution in [0.4, 0.5) is 0 Å². The quantitative estimate of drug-likeness (QED) is 0.232. The van der Waals surface area contributed by atoms with Crippen molar-refractivity contribution in [2.75, 3.05) is 6.61 Å². The van der Waals surface area contributed by atoms with Crippen LogP contribution in [0.25, 0.3) is 22.2 Å². The zero-order chi connectivity index (χ0) is 21.8. The van der Waals surface area contributed by atoms with Crippen molar-refractivity contribution in [2.24, 2.45) is 0 Å². The van der Waals surface area contributed by atoms with E-state index in [1.54, 1.807) is 12.1 Å². The maximum absolute atomic E-state index is 10.7. The van der Waals surface area contributed by atoms with Crippen molar-refractivity contribution in [1.29, 1.82) is 0 Å². The summed E-state index contributed by atoms with van der Waals surface area (Å²) in [5.41, 5.74) is 5.23. The average molecular weight is 416 g/mol. The van der Waals surface area contributed by atoms with E-state index in [0.29, 0.717) is 11.9 Å². The molecule has 0 amide bonds. The Kier molecular flexibility index (Phi) is 6.02. The van der Waals surface area contributed by atoms with E-state index in [1.165, 1.54) is 0 Å². The van der Waals surface area contributed by atoms with Gasteiger partial charge in [-0.3, -0.25) is 0 Å². The molecule has 7 nitrogen and oxygen atoms in total. The molecule has 0 aliphatic rings. The van der Waals surface area contributed by atoms with E-state index in [2.05, 4.69) is 9.82 Å². The first-order valence-corrected chi connectivity index (χ1v) is 9.94. The van der Waals surface area contributed by atoms with Crippen LogP contribution in [0.15, 0.2) is 78.9 Å². The summed E-state index contributed by atoms with van der Waals surface area (Å²) in [5, 5.41) is 29.8. The number of H-pyrrole nitrogens is 1. The number of benzene rings is 3. The SMILES string of the molecule is O=[N+]([O-])OCCC(c1ccc(B(O)O)cc1)c1c(-c2ccccc2)[nH]c2ccccc12. The minimum absolute atomic E-state index is 0.0597. The molecule has 0 saturated heterocycles. The predicted molar refractivity (Wildman–Crippen MR) is 119 cm³/mol. The molecule has 156 valence electrons. The van der Waals surface area contributed by atoms with Gasteiger partial charge in [-0.2, -0.15) is 0 Å². The number of aromatic amines is 1. The van der Waals surface area contributed by atoms with E-state index in [-0.39, 0.29) is 12.5 Å². The van der Waals surface area contributed by atoms with Gasteiger partial charge in [0.2, 0.25) is 0 Å². The lowest BCUT2D eigenvalue weighted by Crippen LogP contribution is -2.29. The summed E-state index contributed by atoms with van der Waals surface area (Å²) in [6.07, 6.45) is 0.379. The number of hydrogen-bond donors (Lipinski definition) is 3. The summed E-state index contributed by atoms with van der Waals surface area (Å²) < 4.78 is 0. The molecular weight excluding hydrogens is 395 g/mol. The van der Waals surface area contributed by atoms with Crippen LogP contribution in [0.2, 0.25) is 0 Å². The first kappa shape index (κ1) is 20.6. The fourth-order valence-electron chi connectivity index (χ4n) is 3.98. The van der Waals surface area contributed by atoms with Crippen LogP contribution < -0.4 is 5.46 Å². The number of nitrogens with zero attached hydrogens (tertiary/aromatic N) is 1. The van der Waals surface area contributed by atoms with Gasteiger partial charge in [0.05, 0.1) is 12.3 Å². The van der Waals surface area contributed by atoms with Crippen molar-refractivity contribution < 1.29 is 20.0 Å². The molecular formula is C23H21BN2O5. The van der Waals surface area contributed by atoms with Gasteiger partial charge in [0.15, 0.2) is 0 Å². The second-order valence-corrected chi connectivity index (χ2v) is 7.26. The summed E-state index contributed by atoms with van der Waals surface area (Å²) in [4.78, 5) is 18.9. The fraction of sp³-hybridized carbons (Fsp3) is 0.130. The Morgan fingerprint density at radius 1 is 0.968 bits per heavy atom. The van der Waals surface area contributed by atoms with Crippen molar-refractivity contribution in [3.63, 3.8) is 0 Å². The third-order valence-electron chi connectivity index (χ3n) is 5.40. The van der Waals surface area contributed by atoms with E-state index in [0.717, 1.165) is 33.3 Å². The molecule has 0 aliphatic carbocycles. The number of para-hydroxylation sites is 1. The summed E-state index contributed by atoms with van der Waals surface area (Å²) in [5.74, 6) is -0.212. The molecule has 1 heterocycles. The van der Waals surface area contributed by atoms with E-state index >= 15 is 0 Å². The highest BCUT2D eigenvalue weighted by Gasteiger charge is 2.24. The van der Waals surface area contributed by atoms with Crippen molar-refractivity contribution >= 4 is 23.5 Å². The minimum atomic E-state index is -1.56. The molecule has 4 aromatic rings. The molecule has 0 spiro atoms. The van der Waals surface area contributed by atoms with Gasteiger partial charge in [-0.05, 0) is 34.6 Å². The Morgan fingerprint density at radius 3 is 2.32 bits per heavy atom. The second kappa shape index (κ2) is 9.03. The van der Waals surface area contributed by atoms with Gasteiger partial charge in [-0.25, -0.2) is 0 Å². The molecule has 8 heteroatoms. The third kappa shape index (κ3) is 4.45. The first-order chi connectivity index (χ1) is 15.0. The molecule has 1 atom stereocenters. The highest BCUT2D eigenvalue weighted by atomic mass is 16.9. The zero-order valence-electron chi connectivity index (χ0n) is 16.6. The van der Waals surface area contributed by atoms with Gasteiger partial charge in [-0.15, -0.1) is 10.1 Å². The number of aromatic nitrogens is 1. The van der Waals surface area contributed by atoms with Gasteiger partial charge in [0.25, 0.3) is 5.09 Å². The fourth-order valence-corrected chi connectivity index (χ4v) is 3.98. The molecule has 1 aromatic heterocycles. The lowest BCUT2D eigenvalue weighted by molar-refractivity contribution is -0.757. The molecule has 31 heavy (non-hydrogen) atoms. The average Bonchev–Trinajstić information content (AvgIpc) is 3.17. The summed E-state index contributed by atoms with van der Waals surface area (Å²) in [6.45, 7) is -0.0597. The Balaban J connectivity index is 1.86. The van der Waals surface area contributed by atoms with Crippen molar-refractivity contribution in [3.8, 4) is 11.3 Å². The minimum Gasteiger partial charge on any atom is -0.423 e. The summed E-state index contributed by atoms with van der Waals surface area (Å²) in [7, 11) is -1.56. The van der Waals surface area contributed by atoms with Gasteiger partial charge >= 0.3 is 7.12 Å². The molecule has 0 fully saturated rings. The largest absolute Gasteiger partial charge is 0.488 e. The maximum Gasteiger partial charge on any atom is 0.488 e. The van der Waals surface area contributed by atoms with E-state index in [4.69, 9.17) is 0 Å². The van der Waals surface area contributed by atoms with Gasteiger partial charge in [0, 0.05) is 16.8 Å². The van der Waals surface area contributed by atoms with Crippen LogP contribution in [-0.2, 0) is 4.84 Å². The maximum atomic E-state index is 10.7. The molecule has 0 saturated carbocycles. The van der Waals surface area contributed by atoms with E-state index in [9.17, 15) is 20.2 Å². The molecule has 4 rings (SSSR count). The van der Waals surface area contributed by atoms with E-state index < -0.39 is 12.2 Å². The first-order valence-electron chi connectivity index (χ1n) is 9.94. The highest BCUT2D eigenvalue weighted by Crippen LogP contribution is 2.40. The zero-order valence-corrected chi connectivity index (χ0v) is 16.6. The Bertz CT molecular complexity index is 1180. The normalized spacial score (nSPS) is 11.9. The van der Waals surface area contributed by atoms with Crippen LogP contribution in [0.5, 0.6) is 0 Å². The van der Waals surface area contributed by atoms with E-state index in [1.807, 2.05) is 66.7 Å². The number of fused-ring (bicyclic) bond motifs is 1. The van der Waals surface area contributed by atoms with Gasteiger partial charge < -0.3 is 19.9 Å². The van der Waals surface area contributed by atoms with Crippen LogP contribution in [0.1, 0.15) is 23.5 Å². The van der Waals surface area contributed by atoms with Crippen LogP contribution >= 0.6 is 0 Å². The summed E-state index contributed by atoms with van der Waals surface area (Å²) in [6, 6.07) is 24.8. The molecule has 3 aromatic carbocycles. The number of rotatable bonds is 8. The Hall–Kier alpha value is -3.62. The summed E-state index contributed by atoms with van der Waals surface area (Å²) >= 11 is 0.